The molecule has 3 nitrogen and oxygen atoms in total. The van der Waals surface area contributed by atoms with Crippen molar-refractivity contribution in [3.8, 4) is 6.07 Å². The van der Waals surface area contributed by atoms with Gasteiger partial charge in [-0.3, -0.25) is 0 Å². The van der Waals surface area contributed by atoms with Gasteiger partial charge in [-0.05, 0) is 79.1 Å². The molecule has 1 fully saturated rings. The minimum atomic E-state index is 0.111. The van der Waals surface area contributed by atoms with Gasteiger partial charge in [-0.15, -0.1) is 0 Å². The fourth-order valence-corrected chi connectivity index (χ4v) is 4.58. The van der Waals surface area contributed by atoms with Crippen LogP contribution in [0.4, 0.5) is 0 Å². The molecule has 1 heterocycles. The SMILES string of the molecule is CN1CCC(CNCc2cc(C#N)cc3ccccc23)(c2ccc(Cl)cc2)CC1. The summed E-state index contributed by atoms with van der Waals surface area (Å²) in [6, 6.07) is 22.9. The molecule has 3 aromatic rings. The van der Waals surface area contributed by atoms with Gasteiger partial charge >= 0.3 is 0 Å². The van der Waals surface area contributed by atoms with Crippen LogP contribution in [0.3, 0.4) is 0 Å². The summed E-state index contributed by atoms with van der Waals surface area (Å²) in [6.45, 7) is 3.85. The number of halogens is 1. The van der Waals surface area contributed by atoms with Crippen LogP contribution < -0.4 is 5.32 Å². The topological polar surface area (TPSA) is 39.1 Å². The summed E-state index contributed by atoms with van der Waals surface area (Å²) in [5.41, 5.74) is 3.36. The number of hydrogen-bond acceptors (Lipinski definition) is 3. The molecule has 1 aliphatic rings. The molecule has 29 heavy (non-hydrogen) atoms. The lowest BCUT2D eigenvalue weighted by Crippen LogP contribution is -2.46. The Morgan fingerprint density at radius 3 is 2.52 bits per heavy atom. The Hall–Kier alpha value is -2.38. The molecule has 4 heteroatoms. The lowest BCUT2D eigenvalue weighted by atomic mass is 9.72. The van der Waals surface area contributed by atoms with Crippen molar-refractivity contribution < 1.29 is 0 Å². The first-order valence-corrected chi connectivity index (χ1v) is 10.5. The van der Waals surface area contributed by atoms with Gasteiger partial charge in [0.1, 0.15) is 0 Å². The molecule has 0 spiro atoms. The second kappa shape index (κ2) is 8.55. The number of hydrogen-bond donors (Lipinski definition) is 1. The molecule has 148 valence electrons. The third kappa shape index (κ3) is 4.31. The Balaban J connectivity index is 1.57. The van der Waals surface area contributed by atoms with Crippen molar-refractivity contribution in [3.05, 3.63) is 82.4 Å². The van der Waals surface area contributed by atoms with Crippen molar-refractivity contribution in [1.29, 1.82) is 5.26 Å². The van der Waals surface area contributed by atoms with Gasteiger partial charge in [0, 0.05) is 23.5 Å². The number of nitrogens with one attached hydrogen (secondary N) is 1. The Kier molecular flexibility index (Phi) is 5.87. The van der Waals surface area contributed by atoms with E-state index in [1.165, 1.54) is 16.5 Å². The largest absolute Gasteiger partial charge is 0.312 e. The van der Waals surface area contributed by atoms with Gasteiger partial charge in [0.05, 0.1) is 11.6 Å². The zero-order chi connectivity index (χ0) is 20.3. The predicted molar refractivity (Wildman–Crippen MR) is 120 cm³/mol. The van der Waals surface area contributed by atoms with Crippen molar-refractivity contribution in [1.82, 2.24) is 10.2 Å². The van der Waals surface area contributed by atoms with Crippen LogP contribution in [-0.4, -0.2) is 31.6 Å². The lowest BCUT2D eigenvalue weighted by Gasteiger charge is -2.41. The van der Waals surface area contributed by atoms with Crippen LogP contribution in [-0.2, 0) is 12.0 Å². The van der Waals surface area contributed by atoms with Gasteiger partial charge in [-0.25, -0.2) is 0 Å². The molecule has 1 N–H and O–H groups in total. The monoisotopic (exact) mass is 403 g/mol. The summed E-state index contributed by atoms with van der Waals surface area (Å²) in [5, 5.41) is 16.2. The van der Waals surface area contributed by atoms with E-state index in [2.05, 4.69) is 53.7 Å². The second-order valence-electron chi connectivity index (χ2n) is 8.16. The van der Waals surface area contributed by atoms with Crippen LogP contribution in [0.1, 0.15) is 29.5 Å². The third-order valence-electron chi connectivity index (χ3n) is 6.26. The van der Waals surface area contributed by atoms with E-state index in [0.717, 1.165) is 49.4 Å². The smallest absolute Gasteiger partial charge is 0.0991 e. The van der Waals surface area contributed by atoms with E-state index in [0.29, 0.717) is 5.56 Å². The standard InChI is InChI=1S/C25H26ClN3/c1-29-12-10-25(11-13-29,22-6-8-23(26)9-7-22)18-28-17-21-15-19(16-27)14-20-4-2-3-5-24(20)21/h2-9,14-15,28H,10-13,17-18H2,1H3. The quantitative estimate of drug-likeness (QED) is 0.642. The number of rotatable bonds is 5. The van der Waals surface area contributed by atoms with Crippen LogP contribution in [0.5, 0.6) is 0 Å². The number of fused-ring (bicyclic) bond motifs is 1. The predicted octanol–water partition coefficient (Wildman–Crippen LogP) is 5.12. The first-order chi connectivity index (χ1) is 14.1. The van der Waals surface area contributed by atoms with Crippen LogP contribution in [0, 0.1) is 11.3 Å². The number of benzene rings is 3. The van der Waals surface area contributed by atoms with Gasteiger partial charge < -0.3 is 10.2 Å². The van der Waals surface area contributed by atoms with Gasteiger partial charge in [0.25, 0.3) is 0 Å². The van der Waals surface area contributed by atoms with E-state index in [1.807, 2.05) is 30.3 Å². The Morgan fingerprint density at radius 2 is 1.79 bits per heavy atom. The number of likely N-dealkylation sites (tertiary alicyclic amines) is 1. The molecule has 0 unspecified atom stereocenters. The molecule has 1 aliphatic heterocycles. The van der Waals surface area contributed by atoms with Crippen LogP contribution >= 0.6 is 11.6 Å². The van der Waals surface area contributed by atoms with E-state index >= 15 is 0 Å². The average Bonchev–Trinajstić information content (AvgIpc) is 2.75. The van der Waals surface area contributed by atoms with Crippen LogP contribution in [0.25, 0.3) is 10.8 Å². The van der Waals surface area contributed by atoms with Gasteiger partial charge in [0.2, 0.25) is 0 Å². The van der Waals surface area contributed by atoms with Crippen LogP contribution in [0.15, 0.2) is 60.7 Å². The molecular weight excluding hydrogens is 378 g/mol. The van der Waals surface area contributed by atoms with Gasteiger partial charge in [-0.2, -0.15) is 5.26 Å². The molecule has 0 amide bonds. The molecule has 0 saturated carbocycles. The lowest BCUT2D eigenvalue weighted by molar-refractivity contribution is 0.183. The molecule has 0 radical (unpaired) electrons. The van der Waals surface area contributed by atoms with Crippen molar-refractivity contribution in [2.45, 2.75) is 24.8 Å². The van der Waals surface area contributed by atoms with Gasteiger partial charge in [-0.1, -0.05) is 48.0 Å². The van der Waals surface area contributed by atoms with E-state index in [1.54, 1.807) is 0 Å². The maximum absolute atomic E-state index is 9.40. The van der Waals surface area contributed by atoms with Crippen LogP contribution in [0.2, 0.25) is 5.02 Å². The van der Waals surface area contributed by atoms with Crippen molar-refractivity contribution >= 4 is 22.4 Å². The maximum Gasteiger partial charge on any atom is 0.0991 e. The summed E-state index contributed by atoms with van der Waals surface area (Å²) in [5.74, 6) is 0. The molecule has 4 rings (SSSR count). The summed E-state index contributed by atoms with van der Waals surface area (Å²) < 4.78 is 0. The molecular formula is C25H26ClN3. The highest BCUT2D eigenvalue weighted by molar-refractivity contribution is 6.30. The first-order valence-electron chi connectivity index (χ1n) is 10.2. The average molecular weight is 404 g/mol. The summed E-state index contributed by atoms with van der Waals surface area (Å²) in [6.07, 6.45) is 2.24. The van der Waals surface area contributed by atoms with E-state index in [-0.39, 0.29) is 5.41 Å². The van der Waals surface area contributed by atoms with Crippen molar-refractivity contribution in [2.24, 2.45) is 0 Å². The first kappa shape index (κ1) is 19.9. The molecule has 0 atom stereocenters. The molecule has 3 aromatic carbocycles. The Morgan fingerprint density at radius 1 is 1.07 bits per heavy atom. The summed E-state index contributed by atoms with van der Waals surface area (Å²) in [7, 11) is 2.19. The van der Waals surface area contributed by atoms with E-state index in [9.17, 15) is 5.26 Å². The van der Waals surface area contributed by atoms with E-state index < -0.39 is 0 Å². The fraction of sp³-hybridized carbons (Fsp3) is 0.320. The minimum absolute atomic E-state index is 0.111. The Bertz CT molecular complexity index is 1030. The maximum atomic E-state index is 9.40. The number of piperidine rings is 1. The highest BCUT2D eigenvalue weighted by atomic mass is 35.5. The molecule has 0 aliphatic carbocycles. The zero-order valence-electron chi connectivity index (χ0n) is 16.8. The number of nitriles is 1. The van der Waals surface area contributed by atoms with Crippen molar-refractivity contribution in [2.75, 3.05) is 26.7 Å². The molecule has 0 aromatic heterocycles. The molecule has 1 saturated heterocycles. The Labute approximate surface area is 177 Å². The highest BCUT2D eigenvalue weighted by Crippen LogP contribution is 2.35. The summed E-state index contributed by atoms with van der Waals surface area (Å²) >= 11 is 6.14. The minimum Gasteiger partial charge on any atom is -0.312 e. The van der Waals surface area contributed by atoms with E-state index in [4.69, 9.17) is 11.6 Å². The highest BCUT2D eigenvalue weighted by Gasteiger charge is 2.35. The van der Waals surface area contributed by atoms with Crippen molar-refractivity contribution in [3.63, 3.8) is 0 Å². The summed E-state index contributed by atoms with van der Waals surface area (Å²) in [4.78, 5) is 2.40. The number of nitrogens with zero attached hydrogens (tertiary/aromatic N) is 2. The molecule has 0 bridgehead atoms. The zero-order valence-corrected chi connectivity index (χ0v) is 17.5. The normalized spacial score (nSPS) is 16.6. The third-order valence-corrected chi connectivity index (χ3v) is 6.51. The van der Waals surface area contributed by atoms with Gasteiger partial charge in [0.15, 0.2) is 0 Å². The second-order valence-corrected chi connectivity index (χ2v) is 8.60. The fourth-order valence-electron chi connectivity index (χ4n) is 4.45.